The molecule has 0 aliphatic heterocycles. The molecule has 0 N–H and O–H groups in total. The first-order valence-electron chi connectivity index (χ1n) is 14.1. The van der Waals surface area contributed by atoms with E-state index in [1.54, 1.807) is 12.4 Å². The summed E-state index contributed by atoms with van der Waals surface area (Å²) >= 11 is 0. The Balaban J connectivity index is 0.000000264. The van der Waals surface area contributed by atoms with Gasteiger partial charge in [0.05, 0.1) is 22.8 Å². The quantitative estimate of drug-likeness (QED) is 0.151. The minimum atomic E-state index is -6.00. The van der Waals surface area contributed by atoms with Gasteiger partial charge in [0.15, 0.2) is 0 Å². The second-order valence-electron chi connectivity index (χ2n) is 10.3. The molecule has 266 valence electrons. The van der Waals surface area contributed by atoms with Crippen molar-refractivity contribution in [3.63, 3.8) is 0 Å². The van der Waals surface area contributed by atoms with Crippen LogP contribution in [-0.2, 0) is 17.1 Å². The molecular weight excluding hydrogens is 710 g/mol. The molecule has 0 saturated heterocycles. The Morgan fingerprint density at radius 3 is 0.816 bits per heavy atom. The summed E-state index contributed by atoms with van der Waals surface area (Å²) in [5.41, 5.74) is 6.01. The number of aryl methyl sites for hydroxylation is 6. The zero-order chi connectivity index (χ0) is 35.8. The molecule has 0 saturated carbocycles. The third-order valence-electron chi connectivity index (χ3n) is 6.09. The molecule has 0 aromatic carbocycles. The van der Waals surface area contributed by atoms with Gasteiger partial charge in [0.2, 0.25) is 12.6 Å². The summed E-state index contributed by atoms with van der Waals surface area (Å²) in [6.07, 6.45) is 10.9. The van der Waals surface area contributed by atoms with Gasteiger partial charge in [-0.2, -0.15) is 30.6 Å². The van der Waals surface area contributed by atoms with Crippen LogP contribution in [0.4, 0.5) is 34.5 Å². The molecule has 6 aromatic heterocycles. The van der Waals surface area contributed by atoms with E-state index < -0.39 is 14.5 Å². The molecule has 0 atom stereocenters. The van der Waals surface area contributed by atoms with Crippen molar-refractivity contribution in [1.82, 2.24) is 58.7 Å². The van der Waals surface area contributed by atoms with E-state index in [1.807, 2.05) is 131 Å². The smallest absolute Gasteiger partial charge is 0.418 e. The maximum Gasteiger partial charge on any atom is 2.00 e. The zero-order valence-corrected chi connectivity index (χ0v) is 28.1. The molecule has 0 spiro atoms. The zero-order valence-electron chi connectivity index (χ0n) is 27.0. The molecule has 0 fully saturated rings. The van der Waals surface area contributed by atoms with Gasteiger partial charge in [0.25, 0.3) is 0 Å². The van der Waals surface area contributed by atoms with Crippen molar-refractivity contribution in [3.8, 4) is 0 Å². The second kappa shape index (κ2) is 17.1. The summed E-state index contributed by atoms with van der Waals surface area (Å²) in [6, 6.07) is 11.8. The van der Waals surface area contributed by atoms with Gasteiger partial charge in [0.1, 0.15) is 0 Å². The van der Waals surface area contributed by atoms with Gasteiger partial charge >= 0.3 is 31.6 Å². The minimum absolute atomic E-state index is 0. The van der Waals surface area contributed by atoms with Gasteiger partial charge in [-0.1, -0.05) is 0 Å². The van der Waals surface area contributed by atoms with E-state index in [2.05, 4.69) is 30.6 Å². The van der Waals surface area contributed by atoms with Gasteiger partial charge < -0.3 is 34.5 Å². The molecule has 0 aliphatic rings. The summed E-state index contributed by atoms with van der Waals surface area (Å²) in [5.74, 6) is 0. The fourth-order valence-electron chi connectivity index (χ4n) is 4.18. The van der Waals surface area contributed by atoms with Gasteiger partial charge in [-0.3, -0.25) is 0 Å². The van der Waals surface area contributed by atoms with E-state index >= 15 is 0 Å². The number of rotatable bonds is 6. The first-order valence-corrected chi connectivity index (χ1v) is 14.1. The predicted molar refractivity (Wildman–Crippen MR) is 162 cm³/mol. The fraction of sp³-hybridized carbons (Fsp3) is 0.308. The third-order valence-corrected chi connectivity index (χ3v) is 6.09. The van der Waals surface area contributed by atoms with Crippen LogP contribution in [0.15, 0.2) is 73.6 Å². The Labute approximate surface area is 286 Å². The number of halogens is 8. The summed E-state index contributed by atoms with van der Waals surface area (Å²) in [5, 5.41) is 26.7. The Kier molecular flexibility index (Phi) is 14.2. The van der Waals surface area contributed by atoms with E-state index in [1.165, 1.54) is 0 Å². The summed E-state index contributed by atoms with van der Waals surface area (Å²) < 4.78 is 89.3. The molecule has 23 heteroatoms. The molecule has 0 radical (unpaired) electrons. The number of nitrogens with zero attached hydrogens (tertiary/aromatic N) is 12. The Morgan fingerprint density at radius 1 is 0.449 bits per heavy atom. The van der Waals surface area contributed by atoms with E-state index in [4.69, 9.17) is 0 Å². The molecular formula is C26H32B2F8FeN12. The normalized spacial score (nSPS) is 11.3. The molecule has 6 rings (SSSR count). The van der Waals surface area contributed by atoms with E-state index in [0.29, 0.717) is 0 Å². The van der Waals surface area contributed by atoms with Crippen LogP contribution in [0.25, 0.3) is 0 Å². The van der Waals surface area contributed by atoms with Gasteiger partial charge in [0, 0.05) is 48.6 Å². The van der Waals surface area contributed by atoms with Crippen LogP contribution in [0.1, 0.15) is 46.7 Å². The van der Waals surface area contributed by atoms with Crippen LogP contribution >= 0.6 is 0 Å². The average Bonchev–Trinajstić information content (AvgIpc) is 3.79. The monoisotopic (exact) mass is 742 g/mol. The van der Waals surface area contributed by atoms with Gasteiger partial charge in [-0.25, -0.2) is 28.1 Å². The van der Waals surface area contributed by atoms with Gasteiger partial charge in [-0.05, 0) is 77.9 Å². The Hall–Kier alpha value is -4.65. The van der Waals surface area contributed by atoms with Crippen LogP contribution < -0.4 is 0 Å². The summed E-state index contributed by atoms with van der Waals surface area (Å²) in [6.45, 7) is 11.9. The standard InChI is InChI=1S/2C13H16N6.2BF4.Fe/c2*1-10-5-8-17(15-10)13(18-9-6-11(2)16-18)19-12(3)4-7-14-19;2*2-1(3,4)5;/h2*4-9,13H,1-3H3;;;/q;;2*-1;+2. The van der Waals surface area contributed by atoms with Gasteiger partial charge in [-0.15, -0.1) is 0 Å². The Bertz CT molecular complexity index is 1630. The summed E-state index contributed by atoms with van der Waals surface area (Å²) in [7, 11) is -12.0. The van der Waals surface area contributed by atoms with Crippen molar-refractivity contribution in [2.75, 3.05) is 0 Å². The molecule has 0 bridgehead atoms. The van der Waals surface area contributed by atoms with E-state index in [-0.39, 0.29) is 29.6 Å². The van der Waals surface area contributed by atoms with Crippen molar-refractivity contribution < 1.29 is 51.6 Å². The van der Waals surface area contributed by atoms with Crippen molar-refractivity contribution in [3.05, 3.63) is 108 Å². The van der Waals surface area contributed by atoms with Crippen LogP contribution in [-0.4, -0.2) is 73.2 Å². The topological polar surface area (TPSA) is 107 Å². The van der Waals surface area contributed by atoms with Crippen molar-refractivity contribution in [2.45, 2.75) is 54.1 Å². The van der Waals surface area contributed by atoms with Crippen LogP contribution in [0.2, 0.25) is 0 Å². The third kappa shape index (κ3) is 13.1. The molecule has 0 unspecified atom stereocenters. The first-order chi connectivity index (χ1) is 22.3. The first kappa shape index (κ1) is 40.5. The average molecular weight is 742 g/mol. The second-order valence-corrected chi connectivity index (χ2v) is 10.3. The number of aromatic nitrogens is 12. The molecule has 6 aromatic rings. The van der Waals surface area contributed by atoms with Crippen LogP contribution in [0, 0.1) is 41.5 Å². The maximum absolute atomic E-state index is 9.75. The van der Waals surface area contributed by atoms with E-state index in [9.17, 15) is 34.5 Å². The van der Waals surface area contributed by atoms with Crippen LogP contribution in [0.3, 0.4) is 0 Å². The predicted octanol–water partition coefficient (Wildman–Crippen LogP) is 6.11. The molecule has 49 heavy (non-hydrogen) atoms. The Morgan fingerprint density at radius 2 is 0.673 bits per heavy atom. The molecule has 0 aliphatic carbocycles. The molecule has 6 heterocycles. The van der Waals surface area contributed by atoms with Crippen LogP contribution in [0.5, 0.6) is 0 Å². The SMILES string of the molecule is Cc1ccn(C(n2ccc(C)n2)n2nccc2C)n1.Cc1ccn(C(n2ccc(C)n2)n2nccc2C)n1.F[B-](F)(F)F.F[B-](F)(F)F.[Fe+2]. The van der Waals surface area contributed by atoms with E-state index in [0.717, 1.165) is 34.2 Å². The largest absolute Gasteiger partial charge is 2.00 e. The summed E-state index contributed by atoms with van der Waals surface area (Å²) in [4.78, 5) is 0. The fourth-order valence-corrected chi connectivity index (χ4v) is 4.18. The minimum Gasteiger partial charge on any atom is -0.418 e. The molecule has 0 amide bonds. The number of hydrogen-bond donors (Lipinski definition) is 0. The molecule has 12 nitrogen and oxygen atoms in total. The maximum atomic E-state index is 9.75. The van der Waals surface area contributed by atoms with Crippen molar-refractivity contribution in [1.29, 1.82) is 0 Å². The van der Waals surface area contributed by atoms with Crippen molar-refractivity contribution >= 4 is 14.5 Å². The van der Waals surface area contributed by atoms with Crippen molar-refractivity contribution in [2.24, 2.45) is 0 Å². The number of hydrogen-bond acceptors (Lipinski definition) is 6.